The van der Waals surface area contributed by atoms with Gasteiger partial charge in [0.1, 0.15) is 5.82 Å². The lowest BCUT2D eigenvalue weighted by Gasteiger charge is -2.17. The van der Waals surface area contributed by atoms with Gasteiger partial charge < -0.3 is 0 Å². The molecule has 0 heterocycles. The van der Waals surface area contributed by atoms with Crippen LogP contribution in [0.5, 0.6) is 0 Å². The van der Waals surface area contributed by atoms with Gasteiger partial charge in [-0.25, -0.2) is 4.39 Å². The van der Waals surface area contributed by atoms with Crippen molar-refractivity contribution in [3.05, 3.63) is 86.7 Å². The molecule has 0 N–H and O–H groups in total. The Bertz CT molecular complexity index is 767. The maximum absolute atomic E-state index is 14.1. The normalized spacial score (nSPS) is 14.4. The number of fused-ring (bicyclic) bond motifs is 1. The monoisotopic (exact) mass is 297 g/mol. The van der Waals surface area contributed by atoms with Gasteiger partial charge in [-0.1, -0.05) is 48.0 Å². The second-order valence-corrected chi connectivity index (χ2v) is 5.61. The van der Waals surface area contributed by atoms with Crippen molar-refractivity contribution in [3.63, 3.8) is 0 Å². The summed E-state index contributed by atoms with van der Waals surface area (Å²) in [6.45, 7) is 1.71. The second kappa shape index (κ2) is 5.72. The lowest BCUT2D eigenvalue weighted by molar-refractivity contribution is -0.481. The Labute approximate surface area is 128 Å². The molecule has 0 aliphatic heterocycles. The lowest BCUT2D eigenvalue weighted by atomic mass is 9.87. The number of hydrogen-bond donors (Lipinski definition) is 0. The molecule has 3 nitrogen and oxygen atoms in total. The van der Waals surface area contributed by atoms with Gasteiger partial charge >= 0.3 is 0 Å². The highest BCUT2D eigenvalue weighted by Crippen LogP contribution is 2.39. The van der Waals surface area contributed by atoms with Crippen LogP contribution in [0.1, 0.15) is 28.2 Å². The zero-order valence-corrected chi connectivity index (χ0v) is 12.3. The van der Waals surface area contributed by atoms with Crippen molar-refractivity contribution in [2.75, 3.05) is 6.54 Å². The molecule has 0 radical (unpaired) electrons. The number of halogens is 1. The van der Waals surface area contributed by atoms with Gasteiger partial charge in [0.05, 0.1) is 5.92 Å². The predicted octanol–water partition coefficient (Wildman–Crippen LogP) is 4.13. The number of hydrogen-bond acceptors (Lipinski definition) is 2. The summed E-state index contributed by atoms with van der Waals surface area (Å²) in [6, 6.07) is 12.4. The Hall–Kier alpha value is -2.49. The van der Waals surface area contributed by atoms with Gasteiger partial charge in [0.2, 0.25) is 6.54 Å². The molecule has 0 spiro atoms. The summed E-state index contributed by atoms with van der Waals surface area (Å²) in [5.41, 5.74) is 4.56. The van der Waals surface area contributed by atoms with E-state index in [0.717, 1.165) is 28.7 Å². The molecule has 0 amide bonds. The van der Waals surface area contributed by atoms with Crippen LogP contribution in [0.25, 0.3) is 5.57 Å². The molecule has 22 heavy (non-hydrogen) atoms. The Morgan fingerprint density at radius 3 is 2.77 bits per heavy atom. The average Bonchev–Trinajstić information content (AvgIpc) is 2.88. The average molecular weight is 297 g/mol. The van der Waals surface area contributed by atoms with Crippen molar-refractivity contribution in [1.82, 2.24) is 0 Å². The third-order valence-corrected chi connectivity index (χ3v) is 4.10. The van der Waals surface area contributed by atoms with Crippen LogP contribution in [0, 0.1) is 22.9 Å². The van der Waals surface area contributed by atoms with E-state index in [4.69, 9.17) is 0 Å². The third kappa shape index (κ3) is 2.64. The Balaban J connectivity index is 2.06. The van der Waals surface area contributed by atoms with Gasteiger partial charge in [-0.15, -0.1) is 0 Å². The quantitative estimate of drug-likeness (QED) is 0.629. The number of benzene rings is 2. The van der Waals surface area contributed by atoms with E-state index < -0.39 is 11.7 Å². The summed E-state index contributed by atoms with van der Waals surface area (Å²) < 4.78 is 14.1. The van der Waals surface area contributed by atoms with Crippen molar-refractivity contribution in [1.29, 1.82) is 0 Å². The first kappa shape index (κ1) is 14.4. The van der Waals surface area contributed by atoms with Gasteiger partial charge in [0.15, 0.2) is 0 Å². The van der Waals surface area contributed by atoms with Crippen LogP contribution in [0.2, 0.25) is 0 Å². The van der Waals surface area contributed by atoms with Crippen LogP contribution >= 0.6 is 0 Å². The van der Waals surface area contributed by atoms with Gasteiger partial charge in [-0.3, -0.25) is 10.1 Å². The molecule has 0 bridgehead atoms. The first-order chi connectivity index (χ1) is 10.6. The van der Waals surface area contributed by atoms with E-state index in [1.807, 2.05) is 25.1 Å². The standard InChI is InChI=1S/C18H16FNO2/c1-12-6-8-14-13(10-12)7-9-15(14)17(11-20(21)22)16-4-2-3-5-18(16)19/h2-6,8-10,17H,7,11H2,1H3. The van der Waals surface area contributed by atoms with Crippen LogP contribution in [0.4, 0.5) is 4.39 Å². The highest BCUT2D eigenvalue weighted by atomic mass is 19.1. The molecule has 2 aromatic carbocycles. The molecule has 0 aromatic heterocycles. The van der Waals surface area contributed by atoms with Crippen molar-refractivity contribution in [2.45, 2.75) is 19.3 Å². The van der Waals surface area contributed by atoms with Crippen molar-refractivity contribution in [3.8, 4) is 0 Å². The predicted molar refractivity (Wildman–Crippen MR) is 83.9 cm³/mol. The SMILES string of the molecule is Cc1ccc2c(c1)CC=C2C(C[N+](=O)[O-])c1ccccc1F. The van der Waals surface area contributed by atoms with E-state index in [2.05, 4.69) is 6.07 Å². The molecule has 1 aliphatic rings. The van der Waals surface area contributed by atoms with Crippen LogP contribution in [-0.4, -0.2) is 11.5 Å². The Morgan fingerprint density at radius 1 is 1.27 bits per heavy atom. The number of allylic oxidation sites excluding steroid dienone is 1. The fraction of sp³-hybridized carbons (Fsp3) is 0.222. The number of nitro groups is 1. The molecule has 3 rings (SSSR count). The van der Waals surface area contributed by atoms with Crippen LogP contribution in [0.3, 0.4) is 0 Å². The molecular weight excluding hydrogens is 281 g/mol. The van der Waals surface area contributed by atoms with E-state index in [1.54, 1.807) is 18.2 Å². The Kier molecular flexibility index (Phi) is 3.75. The minimum atomic E-state index is -0.555. The zero-order chi connectivity index (χ0) is 15.7. The second-order valence-electron chi connectivity index (χ2n) is 5.61. The molecule has 1 aliphatic carbocycles. The van der Waals surface area contributed by atoms with E-state index in [1.165, 1.54) is 6.07 Å². The third-order valence-electron chi connectivity index (χ3n) is 4.10. The Morgan fingerprint density at radius 2 is 2.05 bits per heavy atom. The highest BCUT2D eigenvalue weighted by molar-refractivity contribution is 5.78. The fourth-order valence-corrected chi connectivity index (χ4v) is 3.10. The van der Waals surface area contributed by atoms with Gasteiger partial charge in [-0.2, -0.15) is 0 Å². The van der Waals surface area contributed by atoms with Crippen LogP contribution in [0.15, 0.2) is 48.5 Å². The molecule has 0 fully saturated rings. The minimum absolute atomic E-state index is 0.305. The zero-order valence-electron chi connectivity index (χ0n) is 12.3. The van der Waals surface area contributed by atoms with E-state index in [-0.39, 0.29) is 11.5 Å². The molecule has 1 atom stereocenters. The number of aryl methyl sites for hydroxylation is 1. The van der Waals surface area contributed by atoms with Crippen LogP contribution < -0.4 is 0 Å². The smallest absolute Gasteiger partial charge is 0.214 e. The summed E-state index contributed by atoms with van der Waals surface area (Å²) >= 11 is 0. The van der Waals surface area contributed by atoms with Crippen molar-refractivity contribution in [2.24, 2.45) is 0 Å². The molecular formula is C18H16FNO2. The topological polar surface area (TPSA) is 43.1 Å². The van der Waals surface area contributed by atoms with Gasteiger partial charge in [0, 0.05) is 10.5 Å². The van der Waals surface area contributed by atoms with Gasteiger partial charge in [-0.05, 0) is 36.1 Å². The first-order valence-electron chi connectivity index (χ1n) is 7.22. The molecule has 1 unspecified atom stereocenters. The summed E-state index contributed by atoms with van der Waals surface area (Å²) in [4.78, 5) is 10.7. The van der Waals surface area contributed by atoms with E-state index in [9.17, 15) is 14.5 Å². The summed E-state index contributed by atoms with van der Waals surface area (Å²) in [5, 5.41) is 11.1. The summed E-state index contributed by atoms with van der Waals surface area (Å²) in [5.74, 6) is -0.948. The number of rotatable bonds is 4. The minimum Gasteiger partial charge on any atom is -0.265 e. The van der Waals surface area contributed by atoms with Gasteiger partial charge in [0.25, 0.3) is 0 Å². The molecule has 4 heteroatoms. The molecule has 112 valence electrons. The fourth-order valence-electron chi connectivity index (χ4n) is 3.10. The summed E-state index contributed by atoms with van der Waals surface area (Å²) in [7, 11) is 0. The number of nitrogens with zero attached hydrogens (tertiary/aromatic N) is 1. The first-order valence-corrected chi connectivity index (χ1v) is 7.22. The summed E-state index contributed by atoms with van der Waals surface area (Å²) in [6.07, 6.45) is 2.74. The van der Waals surface area contributed by atoms with Crippen molar-refractivity contribution < 1.29 is 9.31 Å². The maximum Gasteiger partial charge on any atom is 0.214 e. The van der Waals surface area contributed by atoms with Crippen molar-refractivity contribution >= 4 is 5.57 Å². The lowest BCUT2D eigenvalue weighted by Crippen LogP contribution is -2.15. The van der Waals surface area contributed by atoms with Crippen LogP contribution in [-0.2, 0) is 6.42 Å². The largest absolute Gasteiger partial charge is 0.265 e. The molecule has 0 saturated carbocycles. The maximum atomic E-state index is 14.1. The van der Waals surface area contributed by atoms with E-state index >= 15 is 0 Å². The van der Waals surface area contributed by atoms with E-state index in [0.29, 0.717) is 5.56 Å². The molecule has 0 saturated heterocycles. The molecule has 2 aromatic rings. The highest BCUT2D eigenvalue weighted by Gasteiger charge is 2.29.